The number of nitrogens with two attached hydrogens (primary N) is 1. The van der Waals surface area contributed by atoms with E-state index < -0.39 is 0 Å². The first-order chi connectivity index (χ1) is 8.25. The van der Waals surface area contributed by atoms with Crippen LogP contribution in [-0.2, 0) is 6.54 Å². The van der Waals surface area contributed by atoms with Gasteiger partial charge in [0.2, 0.25) is 0 Å². The van der Waals surface area contributed by atoms with Crippen LogP contribution >= 0.6 is 15.9 Å². The van der Waals surface area contributed by atoms with E-state index in [2.05, 4.69) is 31.6 Å². The van der Waals surface area contributed by atoms with Gasteiger partial charge in [-0.15, -0.1) is 5.10 Å². The van der Waals surface area contributed by atoms with Gasteiger partial charge in [0.15, 0.2) is 0 Å². The Bertz CT molecular complexity index is 469. The molecule has 1 aromatic carbocycles. The smallest absolute Gasteiger partial charge is 0.0692 e. The molecule has 0 atom stereocenters. The van der Waals surface area contributed by atoms with Crippen molar-refractivity contribution in [3.8, 4) is 0 Å². The molecule has 2 rings (SSSR count). The summed E-state index contributed by atoms with van der Waals surface area (Å²) in [6.45, 7) is 1.70. The largest absolute Gasteiger partial charge is 0.397 e. The quantitative estimate of drug-likeness (QED) is 0.655. The summed E-state index contributed by atoms with van der Waals surface area (Å²) >= 11 is 3.42. The standard InChI is InChI=1S/C11H14BrN5/c12-9-2-3-10(13)11(8-9)14-4-1-6-17-7-5-15-16-17/h2-3,5,7-8,14H,1,4,6,13H2. The summed E-state index contributed by atoms with van der Waals surface area (Å²) in [6, 6.07) is 5.78. The molecule has 3 N–H and O–H groups in total. The Hall–Kier alpha value is -1.56. The molecule has 0 spiro atoms. The molecule has 0 bridgehead atoms. The van der Waals surface area contributed by atoms with Crippen molar-refractivity contribution in [2.24, 2.45) is 0 Å². The van der Waals surface area contributed by atoms with Crippen LogP contribution in [0.4, 0.5) is 11.4 Å². The maximum Gasteiger partial charge on any atom is 0.0692 e. The molecule has 1 heterocycles. The summed E-state index contributed by atoms with van der Waals surface area (Å²) in [5, 5.41) is 10.9. The van der Waals surface area contributed by atoms with Crippen LogP contribution in [0.3, 0.4) is 0 Å². The SMILES string of the molecule is Nc1ccc(Br)cc1NCCCn1ccnn1. The normalized spacial score (nSPS) is 10.4. The third kappa shape index (κ3) is 3.45. The molecule has 0 amide bonds. The number of rotatable bonds is 5. The minimum atomic E-state index is 0.758. The Morgan fingerprint density at radius 3 is 3.06 bits per heavy atom. The molecule has 5 nitrogen and oxygen atoms in total. The predicted molar refractivity (Wildman–Crippen MR) is 71.7 cm³/mol. The topological polar surface area (TPSA) is 68.8 Å². The van der Waals surface area contributed by atoms with Crippen LogP contribution in [0.5, 0.6) is 0 Å². The van der Waals surface area contributed by atoms with Gasteiger partial charge in [-0.05, 0) is 24.6 Å². The van der Waals surface area contributed by atoms with Crippen LogP contribution in [-0.4, -0.2) is 21.5 Å². The highest BCUT2D eigenvalue weighted by Gasteiger charge is 1.99. The number of hydrogen-bond donors (Lipinski definition) is 2. The van der Waals surface area contributed by atoms with Crippen LogP contribution in [0.15, 0.2) is 35.1 Å². The summed E-state index contributed by atoms with van der Waals surface area (Å²) in [5.41, 5.74) is 7.57. The van der Waals surface area contributed by atoms with Crippen LogP contribution in [0.1, 0.15) is 6.42 Å². The van der Waals surface area contributed by atoms with E-state index in [-0.39, 0.29) is 0 Å². The van der Waals surface area contributed by atoms with Crippen molar-refractivity contribution < 1.29 is 0 Å². The van der Waals surface area contributed by atoms with Crippen molar-refractivity contribution in [2.45, 2.75) is 13.0 Å². The Kier molecular flexibility index (Phi) is 3.98. The maximum absolute atomic E-state index is 5.86. The lowest BCUT2D eigenvalue weighted by atomic mass is 10.2. The van der Waals surface area contributed by atoms with Crippen molar-refractivity contribution in [1.82, 2.24) is 15.0 Å². The molecule has 0 saturated carbocycles. The minimum Gasteiger partial charge on any atom is -0.397 e. The first-order valence-corrected chi connectivity index (χ1v) is 6.18. The Labute approximate surface area is 108 Å². The van der Waals surface area contributed by atoms with E-state index >= 15 is 0 Å². The Balaban J connectivity index is 1.80. The van der Waals surface area contributed by atoms with E-state index in [9.17, 15) is 0 Å². The van der Waals surface area contributed by atoms with Crippen molar-refractivity contribution in [2.75, 3.05) is 17.6 Å². The average molecular weight is 296 g/mol. The van der Waals surface area contributed by atoms with Crippen LogP contribution < -0.4 is 11.1 Å². The molecular weight excluding hydrogens is 282 g/mol. The third-order valence-electron chi connectivity index (χ3n) is 2.37. The monoisotopic (exact) mass is 295 g/mol. The van der Waals surface area contributed by atoms with E-state index in [0.29, 0.717) is 0 Å². The molecule has 0 radical (unpaired) electrons. The number of halogens is 1. The maximum atomic E-state index is 5.86. The zero-order valence-corrected chi connectivity index (χ0v) is 10.9. The van der Waals surface area contributed by atoms with Crippen LogP contribution in [0, 0.1) is 0 Å². The van der Waals surface area contributed by atoms with Crippen LogP contribution in [0.25, 0.3) is 0 Å². The van der Waals surface area contributed by atoms with Crippen molar-refractivity contribution >= 4 is 27.3 Å². The number of nitrogens with zero attached hydrogens (tertiary/aromatic N) is 3. The van der Waals surface area contributed by atoms with E-state index in [1.165, 1.54) is 0 Å². The Morgan fingerprint density at radius 2 is 2.29 bits per heavy atom. The molecule has 90 valence electrons. The molecule has 1 aromatic heterocycles. The van der Waals surface area contributed by atoms with Gasteiger partial charge in [-0.2, -0.15) is 0 Å². The van der Waals surface area contributed by atoms with Gasteiger partial charge in [-0.1, -0.05) is 21.1 Å². The number of benzene rings is 1. The molecule has 2 aromatic rings. The van der Waals surface area contributed by atoms with Gasteiger partial charge in [0.25, 0.3) is 0 Å². The molecule has 0 aliphatic carbocycles. The Morgan fingerprint density at radius 1 is 1.41 bits per heavy atom. The highest BCUT2D eigenvalue weighted by atomic mass is 79.9. The fourth-order valence-electron chi connectivity index (χ4n) is 1.50. The van der Waals surface area contributed by atoms with Gasteiger partial charge >= 0.3 is 0 Å². The number of aromatic nitrogens is 3. The number of hydrogen-bond acceptors (Lipinski definition) is 4. The van der Waals surface area contributed by atoms with Gasteiger partial charge in [0.05, 0.1) is 17.6 Å². The first-order valence-electron chi connectivity index (χ1n) is 5.39. The first kappa shape index (κ1) is 11.9. The van der Waals surface area contributed by atoms with Gasteiger partial charge in [0.1, 0.15) is 0 Å². The summed E-state index contributed by atoms with van der Waals surface area (Å²) in [4.78, 5) is 0. The second-order valence-electron chi connectivity index (χ2n) is 3.68. The molecule has 0 unspecified atom stereocenters. The van der Waals surface area contributed by atoms with Crippen LogP contribution in [0.2, 0.25) is 0 Å². The molecule has 0 aliphatic rings. The van der Waals surface area contributed by atoms with Gasteiger partial charge in [-0.3, -0.25) is 4.68 Å². The zero-order chi connectivity index (χ0) is 12.1. The van der Waals surface area contributed by atoms with E-state index in [1.807, 2.05) is 29.1 Å². The van der Waals surface area contributed by atoms with E-state index in [4.69, 9.17) is 5.73 Å². The van der Waals surface area contributed by atoms with E-state index in [0.717, 1.165) is 35.4 Å². The van der Waals surface area contributed by atoms with Gasteiger partial charge < -0.3 is 11.1 Å². The summed E-state index contributed by atoms with van der Waals surface area (Å²) in [6.07, 6.45) is 4.50. The van der Waals surface area contributed by atoms with Gasteiger partial charge in [-0.25, -0.2) is 0 Å². The van der Waals surface area contributed by atoms with Gasteiger partial charge in [0, 0.05) is 23.8 Å². The summed E-state index contributed by atoms with van der Waals surface area (Å²) in [7, 11) is 0. The summed E-state index contributed by atoms with van der Waals surface area (Å²) < 4.78 is 2.83. The number of aryl methyl sites for hydroxylation is 1. The van der Waals surface area contributed by atoms with Crippen molar-refractivity contribution in [1.29, 1.82) is 0 Å². The van der Waals surface area contributed by atoms with Crippen molar-refractivity contribution in [3.05, 3.63) is 35.1 Å². The molecule has 0 fully saturated rings. The lowest BCUT2D eigenvalue weighted by Crippen LogP contribution is -2.08. The molecule has 17 heavy (non-hydrogen) atoms. The van der Waals surface area contributed by atoms with E-state index in [1.54, 1.807) is 6.20 Å². The molecule has 6 heteroatoms. The molecule has 0 saturated heterocycles. The lowest BCUT2D eigenvalue weighted by Gasteiger charge is -2.09. The minimum absolute atomic E-state index is 0.758. The fraction of sp³-hybridized carbons (Fsp3) is 0.273. The second-order valence-corrected chi connectivity index (χ2v) is 4.59. The highest BCUT2D eigenvalue weighted by Crippen LogP contribution is 2.23. The number of nitrogen functional groups attached to an aromatic ring is 1. The number of anilines is 2. The predicted octanol–water partition coefficient (Wildman–Crippen LogP) is 2.12. The third-order valence-corrected chi connectivity index (χ3v) is 2.86. The molecule has 0 aliphatic heterocycles. The van der Waals surface area contributed by atoms with Crippen molar-refractivity contribution in [3.63, 3.8) is 0 Å². The summed E-state index contributed by atoms with van der Waals surface area (Å²) in [5.74, 6) is 0. The number of nitrogens with one attached hydrogen (secondary N) is 1. The lowest BCUT2D eigenvalue weighted by molar-refractivity contribution is 0.570. The highest BCUT2D eigenvalue weighted by molar-refractivity contribution is 9.10. The zero-order valence-electron chi connectivity index (χ0n) is 9.31. The second kappa shape index (κ2) is 5.67. The average Bonchev–Trinajstić information content (AvgIpc) is 2.82. The fourth-order valence-corrected chi connectivity index (χ4v) is 1.86. The molecular formula is C11H14BrN5.